The Kier molecular flexibility index (Phi) is 7.49. The van der Waals surface area contributed by atoms with E-state index in [1.807, 2.05) is 59.4 Å². The van der Waals surface area contributed by atoms with Crippen LogP contribution in [0.15, 0.2) is 82.1 Å². The predicted octanol–water partition coefficient (Wildman–Crippen LogP) is 6.06. The number of ether oxygens (including phenoxy) is 1. The van der Waals surface area contributed by atoms with E-state index in [4.69, 9.17) is 27.9 Å². The maximum Gasteiger partial charge on any atom is 0.269 e. The molecule has 33 heavy (non-hydrogen) atoms. The van der Waals surface area contributed by atoms with Gasteiger partial charge in [-0.2, -0.15) is 0 Å². The molecule has 7 nitrogen and oxygen atoms in total. The van der Waals surface area contributed by atoms with Crippen molar-refractivity contribution in [2.24, 2.45) is 0 Å². The normalized spacial score (nSPS) is 19.5. The minimum Gasteiger partial charge on any atom is -0.494 e. The van der Waals surface area contributed by atoms with E-state index in [-0.39, 0.29) is 16.0 Å². The van der Waals surface area contributed by atoms with E-state index in [0.29, 0.717) is 29.8 Å². The summed E-state index contributed by atoms with van der Waals surface area (Å²) in [5, 5.41) is 15.1. The first-order valence-electron chi connectivity index (χ1n) is 10.3. The highest BCUT2D eigenvalue weighted by Gasteiger charge is 2.29. The summed E-state index contributed by atoms with van der Waals surface area (Å²) in [6.45, 7) is 3.59. The SMILES string of the molecule is CCOc1cccc(C2NN(Cc3cccc([N+](=O)[O-])c3)C(=CN3C=C(Cl)C(Cl)=CC3)S2)c1. The molecule has 172 valence electrons. The first-order chi connectivity index (χ1) is 15.9. The second kappa shape index (κ2) is 10.5. The number of halogens is 2. The Labute approximate surface area is 206 Å². The number of rotatable bonds is 7. The number of thioether (sulfide) groups is 1. The standard InChI is InChI=1S/C23H22Cl2N4O3S/c1-2-32-19-8-4-6-17(12-19)23-26-28(13-16-5-3-7-18(11-16)29(30)31)22(33-23)15-27-10-9-20(24)21(25)14-27/h3-9,11-12,14-15,23,26H,2,10,13H2,1H3. The first kappa shape index (κ1) is 23.5. The Morgan fingerprint density at radius 3 is 2.82 bits per heavy atom. The molecular weight excluding hydrogens is 483 g/mol. The van der Waals surface area contributed by atoms with Gasteiger partial charge in [0.1, 0.15) is 16.2 Å². The van der Waals surface area contributed by atoms with Crippen LogP contribution in [0.1, 0.15) is 23.4 Å². The van der Waals surface area contributed by atoms with Crippen LogP contribution in [0, 0.1) is 10.1 Å². The Morgan fingerprint density at radius 2 is 2.06 bits per heavy atom. The van der Waals surface area contributed by atoms with Gasteiger partial charge in [-0.3, -0.25) is 15.1 Å². The van der Waals surface area contributed by atoms with Crippen molar-refractivity contribution in [3.63, 3.8) is 0 Å². The smallest absolute Gasteiger partial charge is 0.269 e. The van der Waals surface area contributed by atoms with Crippen LogP contribution >= 0.6 is 35.0 Å². The van der Waals surface area contributed by atoms with E-state index in [2.05, 4.69) is 5.43 Å². The highest BCUT2D eigenvalue weighted by atomic mass is 35.5. The van der Waals surface area contributed by atoms with Gasteiger partial charge in [-0.15, -0.1) is 0 Å². The molecule has 2 aromatic carbocycles. The highest BCUT2D eigenvalue weighted by Crippen LogP contribution is 2.42. The lowest BCUT2D eigenvalue weighted by Crippen LogP contribution is -2.31. The van der Waals surface area contributed by atoms with Gasteiger partial charge in [0, 0.05) is 31.1 Å². The highest BCUT2D eigenvalue weighted by molar-refractivity contribution is 8.03. The second-order valence-corrected chi connectivity index (χ2v) is 9.28. The number of benzene rings is 2. The molecule has 0 spiro atoms. The third-order valence-electron chi connectivity index (χ3n) is 4.98. The van der Waals surface area contributed by atoms with Gasteiger partial charge in [-0.05, 0) is 36.3 Å². The fraction of sp³-hybridized carbons (Fsp3) is 0.217. The van der Waals surface area contributed by atoms with Gasteiger partial charge in [0.2, 0.25) is 0 Å². The molecule has 1 N–H and O–H groups in total. The van der Waals surface area contributed by atoms with E-state index in [0.717, 1.165) is 21.9 Å². The number of allylic oxidation sites excluding steroid dienone is 2. The van der Waals surface area contributed by atoms with Gasteiger partial charge in [0.15, 0.2) is 0 Å². The van der Waals surface area contributed by atoms with Crippen LogP contribution in [0.25, 0.3) is 0 Å². The summed E-state index contributed by atoms with van der Waals surface area (Å²) < 4.78 is 5.66. The van der Waals surface area contributed by atoms with Gasteiger partial charge < -0.3 is 9.64 Å². The van der Waals surface area contributed by atoms with Crippen molar-refractivity contribution >= 4 is 40.7 Å². The lowest BCUT2D eigenvalue weighted by atomic mass is 10.2. The van der Waals surface area contributed by atoms with Crippen LogP contribution in [0.4, 0.5) is 5.69 Å². The first-order valence-corrected chi connectivity index (χ1v) is 11.9. The molecule has 0 saturated carbocycles. The summed E-state index contributed by atoms with van der Waals surface area (Å²) in [5.74, 6) is 0.811. The maximum atomic E-state index is 11.2. The van der Waals surface area contributed by atoms with Crippen LogP contribution in [-0.4, -0.2) is 28.0 Å². The van der Waals surface area contributed by atoms with Crippen LogP contribution in [0.2, 0.25) is 0 Å². The third-order valence-corrected chi connectivity index (χ3v) is 6.91. The number of hydrazine groups is 1. The second-order valence-electron chi connectivity index (χ2n) is 7.34. The molecule has 1 fully saturated rings. The lowest BCUT2D eigenvalue weighted by Gasteiger charge is -2.23. The quantitative estimate of drug-likeness (QED) is 0.362. The van der Waals surface area contributed by atoms with Crippen molar-refractivity contribution in [3.8, 4) is 5.75 Å². The number of nitro groups is 1. The molecule has 2 heterocycles. The van der Waals surface area contributed by atoms with Gasteiger partial charge >= 0.3 is 0 Å². The van der Waals surface area contributed by atoms with Gasteiger partial charge in [0.25, 0.3) is 5.69 Å². The zero-order valence-electron chi connectivity index (χ0n) is 17.8. The summed E-state index contributed by atoms with van der Waals surface area (Å²) in [5.41, 5.74) is 5.47. The molecule has 2 aliphatic heterocycles. The van der Waals surface area contributed by atoms with E-state index in [9.17, 15) is 10.1 Å². The molecule has 1 unspecified atom stereocenters. The lowest BCUT2D eigenvalue weighted by molar-refractivity contribution is -0.384. The Bertz CT molecular complexity index is 1140. The number of hydrogen-bond donors (Lipinski definition) is 1. The van der Waals surface area contributed by atoms with Crippen LogP contribution in [0.5, 0.6) is 5.75 Å². The summed E-state index contributed by atoms with van der Waals surface area (Å²) in [7, 11) is 0. The van der Waals surface area contributed by atoms with E-state index >= 15 is 0 Å². The van der Waals surface area contributed by atoms with Crippen LogP contribution in [0.3, 0.4) is 0 Å². The van der Waals surface area contributed by atoms with Gasteiger partial charge in [-0.25, -0.2) is 5.43 Å². The third kappa shape index (κ3) is 5.83. The molecule has 10 heteroatoms. The number of nitrogens with zero attached hydrogens (tertiary/aromatic N) is 3. The van der Waals surface area contributed by atoms with Crippen molar-refractivity contribution < 1.29 is 9.66 Å². The summed E-state index contributed by atoms with van der Waals surface area (Å²) >= 11 is 13.9. The molecule has 0 amide bonds. The number of hydrogen-bond acceptors (Lipinski definition) is 7. The van der Waals surface area contributed by atoms with Gasteiger partial charge in [-0.1, -0.05) is 59.2 Å². The van der Waals surface area contributed by atoms with Crippen LogP contribution < -0.4 is 10.2 Å². The molecule has 0 aromatic heterocycles. The molecule has 0 bridgehead atoms. The Balaban J connectivity index is 1.61. The topological polar surface area (TPSA) is 70.9 Å². The Morgan fingerprint density at radius 1 is 1.24 bits per heavy atom. The molecule has 0 aliphatic carbocycles. The van der Waals surface area contributed by atoms with Crippen LogP contribution in [-0.2, 0) is 6.54 Å². The number of nitro benzene ring substituents is 1. The molecule has 1 saturated heterocycles. The minimum absolute atomic E-state index is 0.0567. The van der Waals surface area contributed by atoms with E-state index in [1.54, 1.807) is 30.1 Å². The average molecular weight is 505 g/mol. The summed E-state index contributed by atoms with van der Waals surface area (Å²) in [6, 6.07) is 14.6. The number of nitrogens with one attached hydrogen (secondary N) is 1. The molecule has 2 aromatic rings. The van der Waals surface area contributed by atoms with Crippen molar-refractivity contribution in [1.82, 2.24) is 15.3 Å². The zero-order chi connectivity index (χ0) is 23.4. The average Bonchev–Trinajstić information content (AvgIpc) is 3.19. The van der Waals surface area contributed by atoms with Crippen molar-refractivity contribution in [1.29, 1.82) is 0 Å². The molecular formula is C23H22Cl2N4O3S. The number of non-ortho nitro benzene ring substituents is 1. The monoisotopic (exact) mass is 504 g/mol. The molecule has 1 atom stereocenters. The van der Waals surface area contributed by atoms with E-state index in [1.165, 1.54) is 6.07 Å². The fourth-order valence-electron chi connectivity index (χ4n) is 3.44. The van der Waals surface area contributed by atoms with E-state index < -0.39 is 0 Å². The minimum atomic E-state index is -0.384. The van der Waals surface area contributed by atoms with Crippen molar-refractivity contribution in [2.75, 3.05) is 13.2 Å². The predicted molar refractivity (Wildman–Crippen MR) is 132 cm³/mol. The van der Waals surface area contributed by atoms with Crippen molar-refractivity contribution in [3.05, 3.63) is 103 Å². The molecule has 4 rings (SSSR count). The molecule has 0 radical (unpaired) electrons. The van der Waals surface area contributed by atoms with Crippen molar-refractivity contribution in [2.45, 2.75) is 18.8 Å². The fourth-order valence-corrected chi connectivity index (χ4v) is 4.91. The van der Waals surface area contributed by atoms with Gasteiger partial charge in [0.05, 0.1) is 28.1 Å². The summed E-state index contributed by atoms with van der Waals surface area (Å²) in [6.07, 6.45) is 5.62. The molecule has 2 aliphatic rings. The maximum absolute atomic E-state index is 11.2. The summed E-state index contributed by atoms with van der Waals surface area (Å²) in [4.78, 5) is 12.8. The Hall–Kier alpha value is -2.65. The zero-order valence-corrected chi connectivity index (χ0v) is 20.1. The largest absolute Gasteiger partial charge is 0.494 e.